The van der Waals surface area contributed by atoms with Crippen molar-refractivity contribution in [3.8, 4) is 11.1 Å². The number of hydrogen-bond donors (Lipinski definition) is 1. The minimum absolute atomic E-state index is 0.0161. The topological polar surface area (TPSA) is 79.0 Å². The Kier molecular flexibility index (Phi) is 15.0. The molecule has 1 amide bonds. The average molecular weight is 778 g/mol. The number of halogens is 9. The summed E-state index contributed by atoms with van der Waals surface area (Å²) in [5.41, 5.74) is -6.15. The van der Waals surface area contributed by atoms with E-state index in [-0.39, 0.29) is 66.5 Å². The molecule has 1 aliphatic heterocycles. The fraction of sp³-hybridized carbons (Fsp3) is 0.500. The van der Waals surface area contributed by atoms with Crippen LogP contribution < -0.4 is 5.32 Å². The third-order valence-corrected chi connectivity index (χ3v) is 9.14. The van der Waals surface area contributed by atoms with E-state index in [2.05, 4.69) is 5.32 Å². The van der Waals surface area contributed by atoms with Gasteiger partial charge in [0.1, 0.15) is 29.8 Å². The van der Waals surface area contributed by atoms with Crippen LogP contribution in [0.4, 0.5) is 39.5 Å². The Hall–Kier alpha value is -4.34. The molecule has 0 aromatic heterocycles. The van der Waals surface area contributed by atoms with E-state index >= 15 is 8.78 Å². The van der Waals surface area contributed by atoms with Gasteiger partial charge in [-0.15, -0.1) is 0 Å². The van der Waals surface area contributed by atoms with Gasteiger partial charge < -0.3 is 19.9 Å². The lowest BCUT2D eigenvalue weighted by Gasteiger charge is -2.33. The normalized spacial score (nSPS) is 15.5. The average Bonchev–Trinajstić information content (AvgIpc) is 3.02. The van der Waals surface area contributed by atoms with E-state index in [1.807, 2.05) is 4.90 Å². The summed E-state index contributed by atoms with van der Waals surface area (Å²) < 4.78 is 138. The van der Waals surface area contributed by atoms with Crippen molar-refractivity contribution in [2.45, 2.75) is 84.7 Å². The summed E-state index contributed by atoms with van der Waals surface area (Å²) in [7, 11) is 1.27. The number of aldehydes is 1. The Labute approximate surface area is 308 Å². The molecule has 1 aliphatic rings. The highest BCUT2D eigenvalue weighted by Gasteiger charge is 2.41. The standard InChI is InChI=1S/C38H44F9N3O4/c1-7-54-31(52)19-29(33-34(40)25(18-27(35(33)41)38(45,46)47)32-22(4)9-10-28(39)23(32)5)48-36(53)30(17-21(2)3)49(6)20-24(11-15-50-13-8-14-50)26(12-16-51)37(42,43)44/h9-10,12,16,18,20-21,29-30H,7-8,11,13-15,17,19H2,1-6H3,(H,48,53)/b24-20-,26-12+/t29-,30?/m0/s1. The number of likely N-dealkylation sites (N-methyl/N-ethyl adjacent to an activating group) is 1. The second-order valence-electron chi connectivity index (χ2n) is 13.6. The second kappa shape index (κ2) is 18.3. The molecule has 0 radical (unpaired) electrons. The van der Waals surface area contributed by atoms with Gasteiger partial charge in [0, 0.05) is 30.9 Å². The molecular weight excluding hydrogens is 733 g/mol. The van der Waals surface area contributed by atoms with Crippen molar-refractivity contribution in [3.05, 3.63) is 81.3 Å². The number of carbonyl (C=O) groups is 3. The highest BCUT2D eigenvalue weighted by atomic mass is 19.4. The third kappa shape index (κ3) is 10.9. The molecule has 1 N–H and O–H groups in total. The maximum absolute atomic E-state index is 16.6. The number of likely N-dealkylation sites (tertiary alicyclic amines) is 1. The number of nitrogens with zero attached hydrogens (tertiary/aromatic N) is 2. The first-order chi connectivity index (χ1) is 25.1. The SMILES string of the molecule is CCOC(=O)C[C@H](NC(=O)C(CC(C)C)N(C)/C=C(CCN1CCC1)\C(=C/C=O)C(F)(F)F)c1c(F)c(-c2c(C)ccc(F)c2C)cc(C(F)(F)F)c1F. The van der Waals surface area contributed by atoms with Crippen LogP contribution in [0.15, 0.2) is 41.6 Å². The molecule has 1 unspecified atom stereocenters. The van der Waals surface area contributed by atoms with Gasteiger partial charge in [-0.25, -0.2) is 13.2 Å². The number of carbonyl (C=O) groups excluding carboxylic acids is 3. The minimum atomic E-state index is -5.42. The molecule has 1 fully saturated rings. The smallest absolute Gasteiger partial charge is 0.419 e. The summed E-state index contributed by atoms with van der Waals surface area (Å²) in [6.07, 6.45) is -9.44. The van der Waals surface area contributed by atoms with Gasteiger partial charge in [0.25, 0.3) is 0 Å². The first-order valence-electron chi connectivity index (χ1n) is 17.3. The molecule has 1 saturated heterocycles. The molecule has 3 rings (SSSR count). The van der Waals surface area contributed by atoms with Gasteiger partial charge in [-0.05, 0) is 99.5 Å². The van der Waals surface area contributed by atoms with Gasteiger partial charge in [-0.3, -0.25) is 14.4 Å². The van der Waals surface area contributed by atoms with Gasteiger partial charge in [0.15, 0.2) is 0 Å². The monoisotopic (exact) mass is 777 g/mol. The number of amides is 1. The minimum Gasteiger partial charge on any atom is -0.466 e. The first kappa shape index (κ1) is 44.1. The third-order valence-electron chi connectivity index (χ3n) is 9.14. The lowest BCUT2D eigenvalue weighted by atomic mass is 9.89. The lowest BCUT2D eigenvalue weighted by Crippen LogP contribution is -2.46. The second-order valence-corrected chi connectivity index (χ2v) is 13.6. The number of rotatable bonds is 16. The van der Waals surface area contributed by atoms with E-state index in [0.29, 0.717) is 19.2 Å². The highest BCUT2D eigenvalue weighted by Crippen LogP contribution is 2.42. The quantitative estimate of drug-likeness (QED) is 0.0606. The predicted molar refractivity (Wildman–Crippen MR) is 183 cm³/mol. The molecule has 2 atom stereocenters. The Balaban J connectivity index is 2.24. The number of nitrogens with one attached hydrogen (secondary N) is 1. The van der Waals surface area contributed by atoms with Crippen molar-refractivity contribution in [2.24, 2.45) is 5.92 Å². The van der Waals surface area contributed by atoms with Crippen molar-refractivity contribution >= 4 is 18.2 Å². The van der Waals surface area contributed by atoms with Crippen molar-refractivity contribution < 1.29 is 58.6 Å². The summed E-state index contributed by atoms with van der Waals surface area (Å²) in [6.45, 7) is 8.60. The van der Waals surface area contributed by atoms with Crippen LogP contribution in [0.1, 0.15) is 74.8 Å². The molecular formula is C38H44F9N3O4. The number of benzene rings is 2. The number of aryl methyl sites for hydroxylation is 1. The van der Waals surface area contributed by atoms with E-state index in [1.165, 1.54) is 33.9 Å². The summed E-state index contributed by atoms with van der Waals surface area (Å²) in [5, 5.41) is 2.28. The largest absolute Gasteiger partial charge is 0.466 e. The summed E-state index contributed by atoms with van der Waals surface area (Å²) in [4.78, 5) is 41.2. The molecule has 7 nitrogen and oxygen atoms in total. The van der Waals surface area contributed by atoms with Crippen molar-refractivity contribution in [1.82, 2.24) is 15.1 Å². The Morgan fingerprint density at radius 2 is 1.69 bits per heavy atom. The highest BCUT2D eigenvalue weighted by molar-refractivity contribution is 5.84. The van der Waals surface area contributed by atoms with Crippen LogP contribution in [0.3, 0.4) is 0 Å². The fourth-order valence-corrected chi connectivity index (χ4v) is 6.31. The van der Waals surface area contributed by atoms with Crippen molar-refractivity contribution in [1.29, 1.82) is 0 Å². The maximum Gasteiger partial charge on any atom is 0.419 e. The predicted octanol–water partition coefficient (Wildman–Crippen LogP) is 8.53. The molecule has 2 aromatic carbocycles. The number of ether oxygens (including phenoxy) is 1. The molecule has 0 bridgehead atoms. The molecule has 2 aromatic rings. The van der Waals surface area contributed by atoms with Crippen LogP contribution in [-0.2, 0) is 25.3 Å². The van der Waals surface area contributed by atoms with E-state index in [9.17, 15) is 45.1 Å². The van der Waals surface area contributed by atoms with Gasteiger partial charge in [0.05, 0.1) is 30.2 Å². The van der Waals surface area contributed by atoms with Crippen LogP contribution >= 0.6 is 0 Å². The first-order valence-corrected chi connectivity index (χ1v) is 17.3. The molecule has 298 valence electrons. The van der Waals surface area contributed by atoms with Gasteiger partial charge in [0.2, 0.25) is 5.91 Å². The lowest BCUT2D eigenvalue weighted by molar-refractivity contribution is -0.144. The number of allylic oxidation sites excluding steroid dienone is 2. The van der Waals surface area contributed by atoms with E-state index in [4.69, 9.17) is 4.74 Å². The van der Waals surface area contributed by atoms with Crippen LogP contribution in [0.25, 0.3) is 11.1 Å². The molecule has 1 heterocycles. The van der Waals surface area contributed by atoms with E-state index in [0.717, 1.165) is 23.6 Å². The van der Waals surface area contributed by atoms with Crippen LogP contribution in [-0.4, -0.2) is 73.5 Å². The summed E-state index contributed by atoms with van der Waals surface area (Å²) in [5.74, 6) is -7.20. The fourth-order valence-electron chi connectivity index (χ4n) is 6.31. The van der Waals surface area contributed by atoms with Crippen molar-refractivity contribution in [3.63, 3.8) is 0 Å². The molecule has 0 aliphatic carbocycles. The zero-order valence-corrected chi connectivity index (χ0v) is 30.8. The zero-order valence-electron chi connectivity index (χ0n) is 30.8. The van der Waals surface area contributed by atoms with E-state index < -0.39 is 82.4 Å². The van der Waals surface area contributed by atoms with Gasteiger partial charge >= 0.3 is 18.3 Å². The van der Waals surface area contributed by atoms with Crippen LogP contribution in [0, 0.1) is 37.2 Å². The summed E-state index contributed by atoms with van der Waals surface area (Å²) >= 11 is 0. The van der Waals surface area contributed by atoms with Crippen LogP contribution in [0.5, 0.6) is 0 Å². The Bertz CT molecular complexity index is 1750. The Morgan fingerprint density at radius 1 is 1.04 bits per heavy atom. The molecule has 16 heteroatoms. The van der Waals surface area contributed by atoms with Gasteiger partial charge in [-0.1, -0.05) is 19.9 Å². The zero-order chi connectivity index (χ0) is 40.7. The number of hydrogen-bond acceptors (Lipinski definition) is 6. The number of esters is 1. The van der Waals surface area contributed by atoms with Gasteiger partial charge in [-0.2, -0.15) is 26.3 Å². The maximum atomic E-state index is 16.6. The summed E-state index contributed by atoms with van der Waals surface area (Å²) in [6, 6.07) is -1.13. The number of alkyl halides is 6. The molecule has 0 spiro atoms. The van der Waals surface area contributed by atoms with Crippen molar-refractivity contribution in [2.75, 3.05) is 33.3 Å². The van der Waals surface area contributed by atoms with E-state index in [1.54, 1.807) is 13.8 Å². The molecule has 54 heavy (non-hydrogen) atoms. The Morgan fingerprint density at radius 3 is 2.20 bits per heavy atom. The van der Waals surface area contributed by atoms with Crippen LogP contribution in [0.2, 0.25) is 0 Å². The molecule has 0 saturated carbocycles.